The van der Waals surface area contributed by atoms with Gasteiger partial charge in [-0.15, -0.1) is 0 Å². The highest BCUT2D eigenvalue weighted by Gasteiger charge is 2.35. The van der Waals surface area contributed by atoms with Crippen LogP contribution in [-0.4, -0.2) is 0 Å². The van der Waals surface area contributed by atoms with Gasteiger partial charge in [0.2, 0.25) is 0 Å². The molecule has 0 fully saturated rings. The summed E-state index contributed by atoms with van der Waals surface area (Å²) in [5.41, 5.74) is 17.3. The summed E-state index contributed by atoms with van der Waals surface area (Å²) in [5, 5.41) is 4.91. The Hall–Kier alpha value is -7.16. The molecule has 1 heterocycles. The predicted octanol–water partition coefficient (Wildman–Crippen LogP) is 15.5. The lowest BCUT2D eigenvalue weighted by Gasteiger charge is -2.37. The van der Waals surface area contributed by atoms with Crippen LogP contribution >= 0.6 is 0 Å². The van der Waals surface area contributed by atoms with E-state index in [-0.39, 0.29) is 5.41 Å². The molecule has 0 saturated heterocycles. The van der Waals surface area contributed by atoms with Crippen molar-refractivity contribution in [1.82, 2.24) is 0 Å². The van der Waals surface area contributed by atoms with Crippen molar-refractivity contribution in [1.29, 1.82) is 0 Å². The van der Waals surface area contributed by atoms with Crippen LogP contribution in [0.2, 0.25) is 0 Å². The highest BCUT2D eigenvalue weighted by Crippen LogP contribution is 2.53. The Kier molecular flexibility index (Phi) is 7.55. The molecule has 1 aliphatic rings. The molecule has 2 heteroatoms. The minimum atomic E-state index is -0.231. The van der Waals surface area contributed by atoms with Gasteiger partial charge in [-0.25, -0.2) is 0 Å². The van der Waals surface area contributed by atoms with Crippen LogP contribution in [0.4, 0.5) is 17.1 Å². The first-order chi connectivity index (χ1) is 28.0. The van der Waals surface area contributed by atoms with E-state index in [9.17, 15) is 0 Å². The van der Waals surface area contributed by atoms with Crippen molar-refractivity contribution in [2.24, 2.45) is 0 Å². The van der Waals surface area contributed by atoms with Crippen LogP contribution in [0.25, 0.3) is 77.2 Å². The number of fused-ring (bicyclic) bond motifs is 5. The van der Waals surface area contributed by atoms with Crippen LogP contribution in [0.15, 0.2) is 205 Å². The number of hydrogen-bond acceptors (Lipinski definition) is 2. The van der Waals surface area contributed by atoms with Crippen molar-refractivity contribution in [3.63, 3.8) is 0 Å². The Bertz CT molecular complexity index is 3120. The van der Waals surface area contributed by atoms with Crippen molar-refractivity contribution < 1.29 is 4.42 Å². The maximum absolute atomic E-state index is 6.45. The fourth-order valence-corrected chi connectivity index (χ4v) is 9.23. The summed E-state index contributed by atoms with van der Waals surface area (Å²) < 4.78 is 6.45. The van der Waals surface area contributed by atoms with Gasteiger partial charge in [0.05, 0.1) is 0 Å². The van der Waals surface area contributed by atoms with Gasteiger partial charge in [0.1, 0.15) is 11.2 Å². The second-order valence-corrected chi connectivity index (χ2v) is 15.7. The molecule has 270 valence electrons. The van der Waals surface area contributed by atoms with Crippen LogP contribution in [0.1, 0.15) is 25.0 Å². The molecule has 10 aromatic rings. The predicted molar refractivity (Wildman–Crippen MR) is 240 cm³/mol. The molecule has 1 aliphatic carbocycles. The molecule has 9 aromatic carbocycles. The zero-order valence-electron chi connectivity index (χ0n) is 31.9. The highest BCUT2D eigenvalue weighted by atomic mass is 16.3. The van der Waals surface area contributed by atoms with Gasteiger partial charge in [0, 0.05) is 38.8 Å². The summed E-state index contributed by atoms with van der Waals surface area (Å²) in [6.45, 7) is 4.77. The lowest BCUT2D eigenvalue weighted by Crippen LogP contribution is -2.24. The normalized spacial score (nSPS) is 12.9. The molecule has 2 nitrogen and oxygen atoms in total. The van der Waals surface area contributed by atoms with E-state index >= 15 is 0 Å². The standard InChI is InChI=1S/C55H39NO/c1-55(2)49-21-11-17-40-27-33-44(38-15-7-4-8-16-38)53(52(40)49)48-34-32-43(35-50(48)55)56(41-28-23-37(24-29-41)36-13-5-3-6-14-36)42-30-25-39(26-31-42)45-19-12-20-47-46-18-9-10-22-51(46)57-54(45)47/h3-35H,1-2H3. The first-order valence-corrected chi connectivity index (χ1v) is 19.8. The SMILES string of the molecule is CC1(C)c2cc(N(c3ccc(-c4ccccc4)cc3)c3ccc(-c4cccc5c4oc4ccccc45)cc3)ccc2-c2c(-c3ccccc3)ccc3cccc1c23. The lowest BCUT2D eigenvalue weighted by atomic mass is 9.67. The van der Waals surface area contributed by atoms with Crippen molar-refractivity contribution in [3.8, 4) is 44.5 Å². The van der Waals surface area contributed by atoms with Crippen molar-refractivity contribution in [2.45, 2.75) is 19.3 Å². The van der Waals surface area contributed by atoms with Gasteiger partial charge >= 0.3 is 0 Å². The third kappa shape index (κ3) is 5.33. The van der Waals surface area contributed by atoms with Gasteiger partial charge in [-0.05, 0) is 103 Å². The summed E-state index contributed by atoms with van der Waals surface area (Å²) in [6.07, 6.45) is 0. The molecule has 0 spiro atoms. The Balaban J connectivity index is 1.08. The van der Waals surface area contributed by atoms with Gasteiger partial charge < -0.3 is 9.32 Å². The summed E-state index contributed by atoms with van der Waals surface area (Å²) in [5.74, 6) is 0. The molecule has 0 unspecified atom stereocenters. The third-order valence-corrected chi connectivity index (χ3v) is 12.1. The smallest absolute Gasteiger partial charge is 0.143 e. The van der Waals surface area contributed by atoms with E-state index in [1.807, 2.05) is 12.1 Å². The summed E-state index contributed by atoms with van der Waals surface area (Å²) >= 11 is 0. The zero-order valence-corrected chi connectivity index (χ0v) is 31.9. The first kappa shape index (κ1) is 33.2. The van der Waals surface area contributed by atoms with E-state index in [1.165, 1.54) is 55.3 Å². The number of benzene rings is 9. The van der Waals surface area contributed by atoms with E-state index in [1.54, 1.807) is 0 Å². The number of rotatable bonds is 6. The Labute approximate surface area is 332 Å². The molecule has 0 N–H and O–H groups in total. The van der Waals surface area contributed by atoms with Crippen LogP contribution in [-0.2, 0) is 5.41 Å². The monoisotopic (exact) mass is 729 g/mol. The molecule has 1 aromatic heterocycles. The Morgan fingerprint density at radius 1 is 0.404 bits per heavy atom. The molecule has 0 atom stereocenters. The molecule has 0 amide bonds. The molecule has 57 heavy (non-hydrogen) atoms. The van der Waals surface area contributed by atoms with Crippen LogP contribution in [0.5, 0.6) is 0 Å². The minimum absolute atomic E-state index is 0.231. The van der Waals surface area contributed by atoms with Crippen molar-refractivity contribution in [2.75, 3.05) is 4.90 Å². The molecule has 0 radical (unpaired) electrons. The minimum Gasteiger partial charge on any atom is -0.455 e. The average Bonchev–Trinajstić information content (AvgIpc) is 3.66. The maximum atomic E-state index is 6.45. The number of furan rings is 1. The van der Waals surface area contributed by atoms with Crippen LogP contribution < -0.4 is 4.90 Å². The van der Waals surface area contributed by atoms with E-state index in [4.69, 9.17) is 4.42 Å². The number of nitrogens with zero attached hydrogens (tertiary/aromatic N) is 1. The van der Waals surface area contributed by atoms with Gasteiger partial charge in [-0.3, -0.25) is 0 Å². The quantitative estimate of drug-likeness (QED) is 0.169. The molecule has 0 bridgehead atoms. The van der Waals surface area contributed by atoms with E-state index < -0.39 is 0 Å². The molecular formula is C55H39NO. The number of hydrogen-bond donors (Lipinski definition) is 0. The summed E-state index contributed by atoms with van der Waals surface area (Å²) in [7, 11) is 0. The second-order valence-electron chi connectivity index (χ2n) is 15.7. The van der Waals surface area contributed by atoms with Gasteiger partial charge in [0.15, 0.2) is 0 Å². The Morgan fingerprint density at radius 2 is 0.982 bits per heavy atom. The maximum Gasteiger partial charge on any atom is 0.143 e. The van der Waals surface area contributed by atoms with Crippen molar-refractivity contribution >= 4 is 49.8 Å². The fraction of sp³-hybridized carbons (Fsp3) is 0.0545. The second kappa shape index (κ2) is 13.0. The number of para-hydroxylation sites is 2. The molecule has 0 saturated carbocycles. The lowest BCUT2D eigenvalue weighted by molar-refractivity contribution is 0.645. The first-order valence-electron chi connectivity index (χ1n) is 19.8. The van der Waals surface area contributed by atoms with Crippen molar-refractivity contribution in [3.05, 3.63) is 211 Å². The van der Waals surface area contributed by atoms with Gasteiger partial charge in [0.25, 0.3) is 0 Å². The fourth-order valence-electron chi connectivity index (χ4n) is 9.23. The molecule has 11 rings (SSSR count). The van der Waals surface area contributed by atoms with E-state index in [0.717, 1.165) is 50.1 Å². The highest BCUT2D eigenvalue weighted by molar-refractivity contribution is 6.11. The molecular weight excluding hydrogens is 691 g/mol. The van der Waals surface area contributed by atoms with Crippen LogP contribution in [0.3, 0.4) is 0 Å². The molecule has 0 aliphatic heterocycles. The number of anilines is 3. The summed E-state index contributed by atoms with van der Waals surface area (Å²) in [6, 6.07) is 72.6. The zero-order chi connectivity index (χ0) is 38.1. The average molecular weight is 730 g/mol. The Morgan fingerprint density at radius 3 is 1.74 bits per heavy atom. The van der Waals surface area contributed by atoms with E-state index in [2.05, 4.69) is 207 Å². The van der Waals surface area contributed by atoms with Gasteiger partial charge in [-0.2, -0.15) is 0 Å². The van der Waals surface area contributed by atoms with Gasteiger partial charge in [-0.1, -0.05) is 172 Å². The summed E-state index contributed by atoms with van der Waals surface area (Å²) in [4.78, 5) is 2.40. The topological polar surface area (TPSA) is 16.4 Å². The largest absolute Gasteiger partial charge is 0.455 e. The van der Waals surface area contributed by atoms with E-state index in [0.29, 0.717) is 0 Å². The van der Waals surface area contributed by atoms with Crippen LogP contribution in [0, 0.1) is 0 Å². The third-order valence-electron chi connectivity index (χ3n) is 12.1.